The van der Waals surface area contributed by atoms with Crippen molar-refractivity contribution < 1.29 is 8.95 Å². The summed E-state index contributed by atoms with van der Waals surface area (Å²) in [6.07, 6.45) is 6.23. The third kappa shape index (κ3) is 4.93. The van der Waals surface area contributed by atoms with Gasteiger partial charge in [0.1, 0.15) is 17.7 Å². The van der Waals surface area contributed by atoms with E-state index < -0.39 is 9.73 Å². The molecule has 1 atom stereocenters. The first-order valence-electron chi connectivity index (χ1n) is 12.9. The average Bonchev–Trinajstić information content (AvgIpc) is 3.18. The van der Waals surface area contributed by atoms with Crippen LogP contribution in [0.4, 0.5) is 23.1 Å². The van der Waals surface area contributed by atoms with Crippen LogP contribution in [0.15, 0.2) is 64.4 Å². The molecule has 2 aliphatic rings. The number of ether oxygens (including phenoxy) is 1. The minimum atomic E-state index is -2.42. The van der Waals surface area contributed by atoms with Crippen LogP contribution in [0, 0.1) is 0 Å². The average molecular weight is 562 g/mol. The van der Waals surface area contributed by atoms with Crippen molar-refractivity contribution in [2.45, 2.75) is 12.6 Å². The number of anilines is 3. The van der Waals surface area contributed by atoms with Gasteiger partial charge in [-0.1, -0.05) is 12.1 Å². The van der Waals surface area contributed by atoms with E-state index in [4.69, 9.17) is 9.72 Å². The Kier molecular flexibility index (Phi) is 6.55. The third-order valence-corrected chi connectivity index (χ3v) is 7.50. The van der Waals surface area contributed by atoms with Crippen molar-refractivity contribution >= 4 is 43.9 Å². The molecular weight excluding hydrogens is 530 g/mol. The summed E-state index contributed by atoms with van der Waals surface area (Å²) < 4.78 is 25.6. The highest BCUT2D eigenvalue weighted by Crippen LogP contribution is 2.37. The van der Waals surface area contributed by atoms with E-state index in [9.17, 15) is 9.00 Å². The van der Waals surface area contributed by atoms with Gasteiger partial charge in [0.2, 0.25) is 5.95 Å². The second-order valence-corrected chi connectivity index (χ2v) is 12.8. The van der Waals surface area contributed by atoms with E-state index in [1.54, 1.807) is 41.5 Å². The fraction of sp³-hybridized carbons (Fsp3) is 0.333. The molecule has 0 saturated carbocycles. The molecule has 12 nitrogen and oxygen atoms in total. The molecule has 2 aliphatic heterocycles. The van der Waals surface area contributed by atoms with Gasteiger partial charge in [-0.3, -0.25) is 4.79 Å². The molecule has 1 aromatic carbocycles. The molecule has 3 aromatic heterocycles. The molecule has 0 aliphatic carbocycles. The quantitative estimate of drug-likeness (QED) is 0.354. The van der Waals surface area contributed by atoms with E-state index in [1.807, 2.05) is 12.1 Å². The first kappa shape index (κ1) is 26.0. The fourth-order valence-corrected chi connectivity index (χ4v) is 5.69. The minimum absolute atomic E-state index is 0.232. The highest BCUT2D eigenvalue weighted by atomic mass is 32.2. The monoisotopic (exact) mass is 561 g/mol. The number of nitrogens with one attached hydrogen (secondary N) is 1. The Balaban J connectivity index is 1.40. The third-order valence-electron chi connectivity index (χ3n) is 6.87. The maximum Gasteiger partial charge on any atom is 0.278 e. The number of aromatic nitrogens is 5. The molecule has 6 rings (SSSR count). The van der Waals surface area contributed by atoms with Crippen molar-refractivity contribution in [2.24, 2.45) is 4.36 Å². The summed E-state index contributed by atoms with van der Waals surface area (Å²) in [4.78, 5) is 31.7. The van der Waals surface area contributed by atoms with Gasteiger partial charge in [-0.2, -0.15) is 9.35 Å². The van der Waals surface area contributed by atoms with Gasteiger partial charge in [0, 0.05) is 53.8 Å². The summed E-state index contributed by atoms with van der Waals surface area (Å²) >= 11 is 0. The normalized spacial score (nSPS) is 17.2. The second-order valence-electron chi connectivity index (χ2n) is 10.3. The van der Waals surface area contributed by atoms with E-state index in [0.29, 0.717) is 41.3 Å². The minimum Gasteiger partial charge on any atom is -0.489 e. The summed E-state index contributed by atoms with van der Waals surface area (Å²) in [5.41, 5.74) is 1.95. The molecule has 1 fully saturated rings. The van der Waals surface area contributed by atoms with E-state index in [0.717, 1.165) is 36.8 Å². The van der Waals surface area contributed by atoms with Gasteiger partial charge in [0.15, 0.2) is 17.3 Å². The lowest BCUT2D eigenvalue weighted by Crippen LogP contribution is -2.56. The standard InChI is InChI=1S/C27H31N9O3S/c1-5-11-35-26(37)20-15-28-27(31-25(20)36(35)24-8-6-7-23(30-24)32-40(3,4)38)29-18-9-10-22-21(14-18)34-13-12-33(2)16-19(34)17-39-22/h5-10,14-15,19H,1,11-13,16-17H2,2-4H3,(H,28,29,31)/t19-/m0/s1. The Morgan fingerprint density at radius 3 is 2.88 bits per heavy atom. The highest BCUT2D eigenvalue weighted by Gasteiger charge is 2.32. The Hall–Kier alpha value is -4.23. The number of rotatable bonds is 6. The summed E-state index contributed by atoms with van der Waals surface area (Å²) in [5.74, 6) is 1.90. The molecule has 0 unspecified atom stereocenters. The zero-order valence-electron chi connectivity index (χ0n) is 22.6. The summed E-state index contributed by atoms with van der Waals surface area (Å²) in [6, 6.07) is 11.4. The van der Waals surface area contributed by atoms with Crippen molar-refractivity contribution in [1.29, 1.82) is 0 Å². The Labute approximate surface area is 232 Å². The van der Waals surface area contributed by atoms with Crippen LogP contribution in [0.3, 0.4) is 0 Å². The van der Waals surface area contributed by atoms with Gasteiger partial charge < -0.3 is 19.9 Å². The Morgan fingerprint density at radius 1 is 1.23 bits per heavy atom. The molecule has 5 heterocycles. The van der Waals surface area contributed by atoms with Crippen molar-refractivity contribution in [3.8, 4) is 11.6 Å². The van der Waals surface area contributed by atoms with Crippen molar-refractivity contribution in [2.75, 3.05) is 56.0 Å². The first-order valence-corrected chi connectivity index (χ1v) is 15.3. The molecule has 1 N–H and O–H groups in total. The maximum atomic E-state index is 13.3. The van der Waals surface area contributed by atoms with E-state index in [1.165, 1.54) is 10.9 Å². The largest absolute Gasteiger partial charge is 0.489 e. The molecule has 0 radical (unpaired) electrons. The molecule has 0 spiro atoms. The van der Waals surface area contributed by atoms with Crippen LogP contribution in [0.5, 0.6) is 5.75 Å². The van der Waals surface area contributed by atoms with Crippen LogP contribution in [0.1, 0.15) is 0 Å². The van der Waals surface area contributed by atoms with Crippen LogP contribution in [0.2, 0.25) is 0 Å². The van der Waals surface area contributed by atoms with Gasteiger partial charge in [0.25, 0.3) is 5.56 Å². The number of nitrogens with zero attached hydrogens (tertiary/aromatic N) is 8. The molecule has 40 heavy (non-hydrogen) atoms. The smallest absolute Gasteiger partial charge is 0.278 e. The van der Waals surface area contributed by atoms with Gasteiger partial charge in [0.05, 0.1) is 18.3 Å². The summed E-state index contributed by atoms with van der Waals surface area (Å²) in [5, 5.41) is 3.63. The number of allylic oxidation sites excluding steroid dienone is 1. The lowest BCUT2D eigenvalue weighted by atomic mass is 10.1. The predicted molar refractivity (Wildman–Crippen MR) is 157 cm³/mol. The number of benzene rings is 1. The number of fused-ring (bicyclic) bond motifs is 4. The highest BCUT2D eigenvalue weighted by molar-refractivity contribution is 7.92. The molecule has 1 saturated heterocycles. The summed E-state index contributed by atoms with van der Waals surface area (Å²) in [7, 11) is -0.292. The number of piperazine rings is 1. The van der Waals surface area contributed by atoms with Crippen molar-refractivity contribution in [3.05, 3.63) is 65.6 Å². The Morgan fingerprint density at radius 2 is 2.08 bits per heavy atom. The number of likely N-dealkylation sites (N-methyl/N-ethyl adjacent to an activating group) is 1. The predicted octanol–water partition coefficient (Wildman–Crippen LogP) is 2.78. The van der Waals surface area contributed by atoms with Gasteiger partial charge in [-0.05, 0) is 37.4 Å². The van der Waals surface area contributed by atoms with Crippen LogP contribution in [-0.2, 0) is 16.3 Å². The van der Waals surface area contributed by atoms with Crippen LogP contribution in [0.25, 0.3) is 16.9 Å². The molecule has 0 bridgehead atoms. The SMILES string of the molecule is C=CCn1c(=O)c2cnc(Nc3ccc4c(c3)N3CCN(C)C[C@H]3CO4)nc2n1-c1cccc(N=S(C)(C)=O)n1. The van der Waals surface area contributed by atoms with Crippen molar-refractivity contribution in [1.82, 2.24) is 29.2 Å². The molecular formula is C27H31N9O3S. The van der Waals surface area contributed by atoms with E-state index in [2.05, 4.69) is 49.1 Å². The second kappa shape index (κ2) is 10.1. The lowest BCUT2D eigenvalue weighted by Gasteiger charge is -2.44. The maximum absolute atomic E-state index is 13.3. The fourth-order valence-electron chi connectivity index (χ4n) is 5.14. The van der Waals surface area contributed by atoms with Crippen LogP contribution in [-0.4, -0.2) is 85.3 Å². The zero-order valence-corrected chi connectivity index (χ0v) is 23.5. The summed E-state index contributed by atoms with van der Waals surface area (Å²) in [6.45, 7) is 7.56. The topological polar surface area (TPSA) is 123 Å². The van der Waals surface area contributed by atoms with E-state index in [-0.39, 0.29) is 12.1 Å². The van der Waals surface area contributed by atoms with Gasteiger partial charge in [-0.25, -0.2) is 23.5 Å². The van der Waals surface area contributed by atoms with Gasteiger partial charge in [-0.15, -0.1) is 6.58 Å². The van der Waals surface area contributed by atoms with Gasteiger partial charge >= 0.3 is 0 Å². The number of pyridine rings is 1. The molecule has 0 amide bonds. The lowest BCUT2D eigenvalue weighted by molar-refractivity contribution is 0.188. The van der Waals surface area contributed by atoms with Crippen LogP contribution < -0.4 is 20.5 Å². The van der Waals surface area contributed by atoms with Crippen LogP contribution >= 0.6 is 0 Å². The first-order chi connectivity index (χ1) is 19.2. The number of hydrogen-bond donors (Lipinski definition) is 1. The number of hydrogen-bond acceptors (Lipinski definition) is 10. The zero-order chi connectivity index (χ0) is 28.0. The van der Waals surface area contributed by atoms with E-state index >= 15 is 0 Å². The van der Waals surface area contributed by atoms with Crippen molar-refractivity contribution in [3.63, 3.8) is 0 Å². The molecule has 208 valence electrons. The molecule has 13 heteroatoms. The Bertz CT molecular complexity index is 1800. The molecule has 4 aromatic rings.